The quantitative estimate of drug-likeness (QED) is 0.682. The zero-order valence-corrected chi connectivity index (χ0v) is 10.8. The molecule has 0 aliphatic heterocycles. The van der Waals surface area contributed by atoms with Crippen molar-refractivity contribution in [1.82, 2.24) is 10.3 Å². The van der Waals surface area contributed by atoms with Gasteiger partial charge in [-0.3, -0.25) is 4.79 Å². The van der Waals surface area contributed by atoms with Gasteiger partial charge in [-0.1, -0.05) is 6.07 Å². The number of hydrogen-bond donors (Lipinski definition) is 1. The number of hydrogen-bond acceptors (Lipinski definition) is 3. The Bertz CT molecular complexity index is 400. The van der Waals surface area contributed by atoms with Gasteiger partial charge in [0.1, 0.15) is 10.3 Å². The summed E-state index contributed by atoms with van der Waals surface area (Å²) in [6, 6.07) is 4.75. The molecule has 0 saturated heterocycles. The molecule has 0 spiro atoms. The molecular weight excluding hydrogens is 321 g/mol. The second kappa shape index (κ2) is 6.25. The summed E-state index contributed by atoms with van der Waals surface area (Å²) in [6.45, 7) is -0.0583. The van der Waals surface area contributed by atoms with E-state index in [-0.39, 0.29) is 29.8 Å². The average Bonchev–Trinajstić information content (AvgIpc) is 2.23. The van der Waals surface area contributed by atoms with Crippen molar-refractivity contribution in [2.24, 2.45) is 0 Å². The molecule has 0 fully saturated rings. The van der Waals surface area contributed by atoms with Gasteiger partial charge in [-0.15, -0.1) is 0 Å². The molecule has 0 saturated carbocycles. The Morgan fingerprint density at radius 2 is 2.18 bits per heavy atom. The lowest BCUT2D eigenvalue weighted by molar-refractivity contribution is -0.0327. The highest BCUT2D eigenvalue weighted by Crippen LogP contribution is 2.29. The van der Waals surface area contributed by atoms with E-state index in [0.29, 0.717) is 4.60 Å². The number of carbonyl (C=O) groups excluding carboxylic acids is 1. The van der Waals surface area contributed by atoms with Crippen LogP contribution < -0.4 is 5.32 Å². The minimum Gasteiger partial charge on any atom is -0.350 e. The van der Waals surface area contributed by atoms with E-state index in [2.05, 4.69) is 26.2 Å². The van der Waals surface area contributed by atoms with Crippen molar-refractivity contribution in [1.29, 1.82) is 0 Å². The monoisotopic (exact) mass is 328 g/mol. The molecule has 1 aromatic heterocycles. The van der Waals surface area contributed by atoms with Gasteiger partial charge in [0.05, 0.1) is 0 Å². The van der Waals surface area contributed by atoms with Gasteiger partial charge in [-0.2, -0.15) is 13.2 Å². The number of carbonyl (C=O) groups is 1. The van der Waals surface area contributed by atoms with Crippen LogP contribution in [0.4, 0.5) is 13.2 Å². The molecule has 1 N–H and O–H groups in total. The van der Waals surface area contributed by atoms with E-state index in [1.165, 1.54) is 6.07 Å². The van der Waals surface area contributed by atoms with E-state index < -0.39 is 11.4 Å². The molecule has 1 heterocycles. The van der Waals surface area contributed by atoms with Gasteiger partial charge in [0.25, 0.3) is 5.91 Å². The van der Waals surface area contributed by atoms with Crippen LogP contribution in [-0.4, -0.2) is 28.7 Å². The Kier molecular flexibility index (Phi) is 5.26. The van der Waals surface area contributed by atoms with E-state index in [1.54, 1.807) is 12.1 Å². The van der Waals surface area contributed by atoms with Crippen molar-refractivity contribution < 1.29 is 18.0 Å². The Morgan fingerprint density at radius 3 is 2.76 bits per heavy atom. The SMILES string of the molecule is O=C(NCCSC(F)(F)F)c1cccc(Br)n1. The predicted octanol–water partition coefficient (Wildman–Crippen LogP) is 2.83. The van der Waals surface area contributed by atoms with Crippen LogP contribution in [0.15, 0.2) is 22.8 Å². The van der Waals surface area contributed by atoms with E-state index in [1.807, 2.05) is 0 Å². The molecule has 3 nitrogen and oxygen atoms in total. The van der Waals surface area contributed by atoms with Gasteiger partial charge in [0.2, 0.25) is 0 Å². The molecule has 17 heavy (non-hydrogen) atoms. The van der Waals surface area contributed by atoms with Crippen LogP contribution in [0.25, 0.3) is 0 Å². The zero-order chi connectivity index (χ0) is 12.9. The fourth-order valence-corrected chi connectivity index (χ4v) is 1.74. The number of pyridine rings is 1. The molecule has 0 aliphatic rings. The number of aromatic nitrogens is 1. The standard InChI is InChI=1S/C9H8BrF3N2OS/c10-7-3-1-2-6(15-7)8(16)14-4-5-17-9(11,12)13/h1-3H,4-5H2,(H,14,16). The summed E-state index contributed by atoms with van der Waals surface area (Å²) in [6.07, 6.45) is 0. The fraction of sp³-hybridized carbons (Fsp3) is 0.333. The molecule has 1 rings (SSSR count). The molecule has 0 aromatic carbocycles. The first-order valence-corrected chi connectivity index (χ1v) is 6.28. The molecular formula is C9H8BrF3N2OS. The van der Waals surface area contributed by atoms with Gasteiger partial charge >= 0.3 is 5.51 Å². The summed E-state index contributed by atoms with van der Waals surface area (Å²) in [5.74, 6) is -0.711. The van der Waals surface area contributed by atoms with Crippen molar-refractivity contribution in [2.45, 2.75) is 5.51 Å². The van der Waals surface area contributed by atoms with E-state index in [4.69, 9.17) is 0 Å². The lowest BCUT2D eigenvalue weighted by Crippen LogP contribution is -2.27. The van der Waals surface area contributed by atoms with Crippen LogP contribution in [0.3, 0.4) is 0 Å². The highest BCUT2D eigenvalue weighted by molar-refractivity contribution is 9.10. The molecule has 0 bridgehead atoms. The Morgan fingerprint density at radius 1 is 1.47 bits per heavy atom. The number of thioether (sulfide) groups is 1. The second-order valence-corrected chi connectivity index (χ2v) is 4.87. The third-order valence-electron chi connectivity index (χ3n) is 1.60. The maximum absolute atomic E-state index is 11.8. The topological polar surface area (TPSA) is 42.0 Å². The smallest absolute Gasteiger partial charge is 0.350 e. The highest BCUT2D eigenvalue weighted by atomic mass is 79.9. The van der Waals surface area contributed by atoms with Crippen LogP contribution in [0.5, 0.6) is 0 Å². The second-order valence-electron chi connectivity index (χ2n) is 2.90. The van der Waals surface area contributed by atoms with Gasteiger partial charge in [0.15, 0.2) is 0 Å². The van der Waals surface area contributed by atoms with Crippen molar-refractivity contribution in [3.05, 3.63) is 28.5 Å². The molecule has 0 radical (unpaired) electrons. The van der Waals surface area contributed by atoms with Gasteiger partial charge in [-0.25, -0.2) is 4.98 Å². The van der Waals surface area contributed by atoms with E-state index >= 15 is 0 Å². The van der Waals surface area contributed by atoms with Crippen molar-refractivity contribution in [3.63, 3.8) is 0 Å². The first kappa shape index (κ1) is 14.3. The maximum Gasteiger partial charge on any atom is 0.441 e. The first-order valence-electron chi connectivity index (χ1n) is 4.50. The van der Waals surface area contributed by atoms with Crippen LogP contribution >= 0.6 is 27.7 Å². The first-order chi connectivity index (χ1) is 7.88. The number of amides is 1. The molecule has 1 amide bonds. The Labute approximate surface area is 108 Å². The van der Waals surface area contributed by atoms with Gasteiger partial charge in [0, 0.05) is 12.3 Å². The molecule has 0 aliphatic carbocycles. The minimum atomic E-state index is -4.27. The third-order valence-corrected chi connectivity index (χ3v) is 2.78. The van der Waals surface area contributed by atoms with Crippen LogP contribution in [-0.2, 0) is 0 Å². The number of rotatable bonds is 4. The minimum absolute atomic E-state index is 0.0583. The largest absolute Gasteiger partial charge is 0.441 e. The van der Waals surface area contributed by atoms with Crippen LogP contribution in [0, 0.1) is 0 Å². The van der Waals surface area contributed by atoms with Crippen molar-refractivity contribution >= 4 is 33.6 Å². The summed E-state index contributed by atoms with van der Waals surface area (Å²) < 4.78 is 35.9. The molecule has 1 aromatic rings. The molecule has 94 valence electrons. The summed E-state index contributed by atoms with van der Waals surface area (Å²) in [4.78, 5) is 15.3. The average molecular weight is 329 g/mol. The zero-order valence-electron chi connectivity index (χ0n) is 8.42. The normalized spacial score (nSPS) is 11.3. The fourth-order valence-electron chi connectivity index (χ4n) is 0.957. The van der Waals surface area contributed by atoms with Gasteiger partial charge < -0.3 is 5.32 Å². The summed E-state index contributed by atoms with van der Waals surface area (Å²) in [5.41, 5.74) is -4.10. The van der Waals surface area contributed by atoms with Crippen LogP contribution in [0.2, 0.25) is 0 Å². The summed E-state index contributed by atoms with van der Waals surface area (Å²) >= 11 is 2.92. The number of alkyl halides is 3. The highest BCUT2D eigenvalue weighted by Gasteiger charge is 2.27. The van der Waals surface area contributed by atoms with Crippen LogP contribution in [0.1, 0.15) is 10.5 Å². The molecule has 0 atom stereocenters. The van der Waals surface area contributed by atoms with Crippen molar-refractivity contribution in [2.75, 3.05) is 12.3 Å². The predicted molar refractivity (Wildman–Crippen MR) is 62.8 cm³/mol. The third kappa shape index (κ3) is 5.92. The maximum atomic E-state index is 11.8. The Hall–Kier alpha value is -0.760. The van der Waals surface area contributed by atoms with Crippen molar-refractivity contribution in [3.8, 4) is 0 Å². The summed E-state index contributed by atoms with van der Waals surface area (Å²) in [7, 11) is 0. The van der Waals surface area contributed by atoms with E-state index in [0.717, 1.165) is 0 Å². The Balaban J connectivity index is 2.36. The van der Waals surface area contributed by atoms with Gasteiger partial charge in [-0.05, 0) is 39.8 Å². The lowest BCUT2D eigenvalue weighted by Gasteiger charge is -2.06. The number of nitrogens with zero attached hydrogens (tertiary/aromatic N) is 1. The van der Waals surface area contributed by atoms with E-state index in [9.17, 15) is 18.0 Å². The molecule has 0 unspecified atom stereocenters. The number of nitrogens with one attached hydrogen (secondary N) is 1. The summed E-state index contributed by atoms with van der Waals surface area (Å²) in [5, 5.41) is 2.36. The molecule has 8 heteroatoms. The number of halogens is 4. The lowest BCUT2D eigenvalue weighted by atomic mass is 10.3.